The number of rotatable bonds is 43. The summed E-state index contributed by atoms with van der Waals surface area (Å²) in [6.07, 6.45) is 48.8. The van der Waals surface area contributed by atoms with E-state index in [0.717, 1.165) is 70.6 Å². The van der Waals surface area contributed by atoms with Gasteiger partial charge < -0.3 is 14.2 Å². The molecule has 0 bridgehead atoms. The number of carbonyl (C=O) groups is 3. The van der Waals surface area contributed by atoms with Crippen LogP contribution in [0.5, 0.6) is 0 Å². The monoisotopic (exact) mass is 775 g/mol. The van der Waals surface area contributed by atoms with E-state index < -0.39 is 6.10 Å². The molecule has 1 unspecified atom stereocenters. The number of hydrogen-bond donors (Lipinski definition) is 0. The number of ether oxygens (including phenoxy) is 3. The molecular formula is C49H90O6. The fraction of sp³-hybridized carbons (Fsp3) is 0.857. The summed E-state index contributed by atoms with van der Waals surface area (Å²) in [5.74, 6) is -0.893. The minimum atomic E-state index is -0.772. The summed E-state index contributed by atoms with van der Waals surface area (Å²) in [7, 11) is 0. The smallest absolute Gasteiger partial charge is 0.306 e. The van der Waals surface area contributed by atoms with Crippen LogP contribution in [0.4, 0.5) is 0 Å². The van der Waals surface area contributed by atoms with Crippen molar-refractivity contribution in [3.63, 3.8) is 0 Å². The molecule has 322 valence electrons. The Morgan fingerprint density at radius 3 is 0.909 bits per heavy atom. The van der Waals surface area contributed by atoms with Crippen molar-refractivity contribution in [1.82, 2.24) is 0 Å². The van der Waals surface area contributed by atoms with Crippen LogP contribution in [0.2, 0.25) is 0 Å². The number of hydrogen-bond acceptors (Lipinski definition) is 6. The van der Waals surface area contributed by atoms with E-state index in [1.165, 1.54) is 141 Å². The van der Waals surface area contributed by atoms with Gasteiger partial charge in [0.05, 0.1) is 0 Å². The molecule has 0 aliphatic rings. The first-order chi connectivity index (χ1) is 27.0. The van der Waals surface area contributed by atoms with Gasteiger partial charge in [-0.05, 0) is 70.6 Å². The topological polar surface area (TPSA) is 78.9 Å². The second kappa shape index (κ2) is 44.6. The molecule has 0 aromatic heterocycles. The first-order valence-electron chi connectivity index (χ1n) is 23.8. The average Bonchev–Trinajstić information content (AvgIpc) is 3.18. The predicted octanol–water partition coefficient (Wildman–Crippen LogP) is 15.2. The number of allylic oxidation sites excluding steroid dienone is 4. The molecule has 55 heavy (non-hydrogen) atoms. The molecule has 0 spiro atoms. The Kier molecular flexibility index (Phi) is 42.9. The van der Waals surface area contributed by atoms with E-state index in [0.29, 0.717) is 19.3 Å². The molecule has 0 fully saturated rings. The van der Waals surface area contributed by atoms with E-state index in [2.05, 4.69) is 45.1 Å². The molecule has 0 aliphatic carbocycles. The van der Waals surface area contributed by atoms with Gasteiger partial charge in [-0.25, -0.2) is 0 Å². The number of unbranched alkanes of at least 4 members (excludes halogenated alkanes) is 28. The summed E-state index contributed by atoms with van der Waals surface area (Å²) in [6, 6.07) is 0. The van der Waals surface area contributed by atoms with Crippen molar-refractivity contribution in [2.24, 2.45) is 0 Å². The van der Waals surface area contributed by atoms with Gasteiger partial charge in [0.1, 0.15) is 13.2 Å². The third-order valence-electron chi connectivity index (χ3n) is 10.4. The van der Waals surface area contributed by atoms with Gasteiger partial charge in [-0.1, -0.05) is 186 Å². The molecule has 0 saturated heterocycles. The number of esters is 3. The lowest BCUT2D eigenvalue weighted by Crippen LogP contribution is -2.30. The maximum atomic E-state index is 12.7. The van der Waals surface area contributed by atoms with Gasteiger partial charge in [0.2, 0.25) is 0 Å². The van der Waals surface area contributed by atoms with Gasteiger partial charge in [0, 0.05) is 19.3 Å². The molecule has 0 amide bonds. The van der Waals surface area contributed by atoms with Gasteiger partial charge in [-0.3, -0.25) is 14.4 Å². The molecule has 0 aromatic carbocycles. The Labute approximate surface area is 341 Å². The fourth-order valence-electron chi connectivity index (χ4n) is 6.78. The van der Waals surface area contributed by atoms with Crippen LogP contribution in [0.3, 0.4) is 0 Å². The second-order valence-corrected chi connectivity index (χ2v) is 16.0. The maximum Gasteiger partial charge on any atom is 0.306 e. The van der Waals surface area contributed by atoms with Crippen LogP contribution in [-0.4, -0.2) is 37.2 Å². The molecule has 0 aromatic rings. The molecule has 6 heteroatoms. The first-order valence-corrected chi connectivity index (χ1v) is 23.8. The van der Waals surface area contributed by atoms with Gasteiger partial charge in [0.25, 0.3) is 0 Å². The van der Waals surface area contributed by atoms with E-state index in [1.54, 1.807) is 0 Å². The lowest BCUT2D eigenvalue weighted by molar-refractivity contribution is -0.167. The van der Waals surface area contributed by atoms with Crippen molar-refractivity contribution < 1.29 is 28.6 Å². The van der Waals surface area contributed by atoms with Crippen LogP contribution in [0, 0.1) is 0 Å². The zero-order valence-corrected chi connectivity index (χ0v) is 36.7. The summed E-state index contributed by atoms with van der Waals surface area (Å²) in [5.41, 5.74) is 0. The summed E-state index contributed by atoms with van der Waals surface area (Å²) in [6.45, 7) is 6.58. The zero-order valence-electron chi connectivity index (χ0n) is 36.7. The SMILES string of the molecule is CCCCCCCCC=CCCCCCCCC(=O)OCC(COC(=O)CCCCCCCCC)OC(=O)CCCCCCCC=CCCCCCCCC. The van der Waals surface area contributed by atoms with Crippen LogP contribution >= 0.6 is 0 Å². The normalized spacial score (nSPS) is 12.1. The molecule has 0 aliphatic heterocycles. The molecule has 0 radical (unpaired) electrons. The van der Waals surface area contributed by atoms with E-state index in [-0.39, 0.29) is 31.1 Å². The Morgan fingerprint density at radius 1 is 0.345 bits per heavy atom. The summed E-state index contributed by atoms with van der Waals surface area (Å²) < 4.78 is 16.7. The molecule has 0 saturated carbocycles. The van der Waals surface area contributed by atoms with E-state index >= 15 is 0 Å². The fourth-order valence-corrected chi connectivity index (χ4v) is 6.78. The summed E-state index contributed by atoms with van der Waals surface area (Å²) in [5, 5.41) is 0. The highest BCUT2D eigenvalue weighted by Crippen LogP contribution is 2.14. The zero-order chi connectivity index (χ0) is 40.1. The van der Waals surface area contributed by atoms with Crippen LogP contribution in [-0.2, 0) is 28.6 Å². The molecule has 0 N–H and O–H groups in total. The van der Waals surface area contributed by atoms with Crippen LogP contribution in [0.25, 0.3) is 0 Å². The lowest BCUT2D eigenvalue weighted by Gasteiger charge is -2.18. The van der Waals surface area contributed by atoms with Gasteiger partial charge in [0.15, 0.2) is 6.10 Å². The third-order valence-corrected chi connectivity index (χ3v) is 10.4. The van der Waals surface area contributed by atoms with Crippen molar-refractivity contribution in [1.29, 1.82) is 0 Å². The van der Waals surface area contributed by atoms with Crippen molar-refractivity contribution in [2.75, 3.05) is 13.2 Å². The second-order valence-electron chi connectivity index (χ2n) is 16.0. The van der Waals surface area contributed by atoms with Crippen molar-refractivity contribution in [2.45, 2.75) is 258 Å². The van der Waals surface area contributed by atoms with Crippen LogP contribution in [0.15, 0.2) is 24.3 Å². The molecule has 1 atom stereocenters. The highest BCUT2D eigenvalue weighted by Gasteiger charge is 2.19. The minimum Gasteiger partial charge on any atom is -0.462 e. The first kappa shape index (κ1) is 52.9. The Balaban J connectivity index is 4.30. The molecule has 6 nitrogen and oxygen atoms in total. The minimum absolute atomic E-state index is 0.0753. The van der Waals surface area contributed by atoms with E-state index in [4.69, 9.17) is 14.2 Å². The summed E-state index contributed by atoms with van der Waals surface area (Å²) in [4.78, 5) is 37.7. The van der Waals surface area contributed by atoms with Crippen LogP contribution < -0.4 is 0 Å². The Morgan fingerprint density at radius 2 is 0.600 bits per heavy atom. The summed E-state index contributed by atoms with van der Waals surface area (Å²) >= 11 is 0. The lowest BCUT2D eigenvalue weighted by atomic mass is 10.1. The number of carbonyl (C=O) groups excluding carboxylic acids is 3. The van der Waals surface area contributed by atoms with Crippen molar-refractivity contribution in [3.8, 4) is 0 Å². The van der Waals surface area contributed by atoms with Crippen molar-refractivity contribution >= 4 is 17.9 Å². The average molecular weight is 775 g/mol. The van der Waals surface area contributed by atoms with E-state index in [1.807, 2.05) is 0 Å². The maximum absolute atomic E-state index is 12.7. The molecule has 0 heterocycles. The van der Waals surface area contributed by atoms with Crippen LogP contribution in [0.1, 0.15) is 252 Å². The molecular weight excluding hydrogens is 685 g/mol. The standard InChI is InChI=1S/C49H90O6/c1-4-7-10-13-16-18-20-22-24-26-28-30-33-36-39-42-48(51)54-45-46(44-53-47(50)41-38-35-32-15-12-9-6-3)55-49(52)43-40-37-34-31-29-27-25-23-21-19-17-14-11-8-5-2/h22-25,46H,4-21,26-45H2,1-3H3. The highest BCUT2D eigenvalue weighted by atomic mass is 16.6. The molecule has 0 rings (SSSR count). The Hall–Kier alpha value is -2.11. The largest absolute Gasteiger partial charge is 0.462 e. The quantitative estimate of drug-likeness (QED) is 0.0266. The Bertz CT molecular complexity index is 896. The third kappa shape index (κ3) is 42.9. The van der Waals surface area contributed by atoms with Gasteiger partial charge >= 0.3 is 17.9 Å². The van der Waals surface area contributed by atoms with Crippen molar-refractivity contribution in [3.05, 3.63) is 24.3 Å². The highest BCUT2D eigenvalue weighted by molar-refractivity contribution is 5.71. The van der Waals surface area contributed by atoms with Gasteiger partial charge in [-0.2, -0.15) is 0 Å². The van der Waals surface area contributed by atoms with Gasteiger partial charge in [-0.15, -0.1) is 0 Å². The van der Waals surface area contributed by atoms with E-state index in [9.17, 15) is 14.4 Å². The predicted molar refractivity (Wildman–Crippen MR) is 233 cm³/mol.